The van der Waals surface area contributed by atoms with Crippen molar-refractivity contribution in [2.75, 3.05) is 13.2 Å². The maximum absolute atomic E-state index is 13.3. The van der Waals surface area contributed by atoms with Crippen molar-refractivity contribution in [2.45, 2.75) is 6.54 Å². The van der Waals surface area contributed by atoms with Crippen molar-refractivity contribution in [1.82, 2.24) is 10.3 Å². The van der Waals surface area contributed by atoms with E-state index < -0.39 is 0 Å². The van der Waals surface area contributed by atoms with E-state index in [-0.39, 0.29) is 5.82 Å². The fraction of sp³-hybridized carbons (Fsp3) is 0.214. The van der Waals surface area contributed by atoms with Gasteiger partial charge in [-0.2, -0.15) is 0 Å². The molecule has 1 aromatic heterocycles. The summed E-state index contributed by atoms with van der Waals surface area (Å²) in [6.07, 6.45) is 1.70. The molecule has 0 unspecified atom stereocenters. The molecule has 18 heavy (non-hydrogen) atoms. The van der Waals surface area contributed by atoms with Gasteiger partial charge in [0.15, 0.2) is 0 Å². The fourth-order valence-corrected chi connectivity index (χ4v) is 2.13. The Morgan fingerprint density at radius 3 is 3.11 bits per heavy atom. The van der Waals surface area contributed by atoms with Crippen LogP contribution in [0.4, 0.5) is 4.39 Å². The molecule has 1 N–H and O–H groups in total. The number of nitrogens with one attached hydrogen (secondary N) is 1. The Morgan fingerprint density at radius 1 is 1.28 bits per heavy atom. The van der Waals surface area contributed by atoms with Gasteiger partial charge in [0.25, 0.3) is 0 Å². The number of hydrogen-bond donors (Lipinski definition) is 1. The van der Waals surface area contributed by atoms with Gasteiger partial charge >= 0.3 is 0 Å². The molecule has 1 aliphatic heterocycles. The van der Waals surface area contributed by atoms with Crippen molar-refractivity contribution < 1.29 is 9.13 Å². The maximum atomic E-state index is 13.3. The molecule has 1 aromatic carbocycles. The summed E-state index contributed by atoms with van der Waals surface area (Å²) in [5.41, 5.74) is 2.80. The molecule has 3 rings (SSSR count). The van der Waals surface area contributed by atoms with Gasteiger partial charge in [-0.1, -0.05) is 12.1 Å². The van der Waals surface area contributed by atoms with Crippen LogP contribution in [0.3, 0.4) is 0 Å². The number of benzene rings is 1. The van der Waals surface area contributed by atoms with Crippen LogP contribution >= 0.6 is 0 Å². The minimum Gasteiger partial charge on any atom is -0.476 e. The summed E-state index contributed by atoms with van der Waals surface area (Å²) in [6, 6.07) is 8.47. The van der Waals surface area contributed by atoms with Crippen LogP contribution in [0.5, 0.6) is 5.88 Å². The summed E-state index contributed by atoms with van der Waals surface area (Å²) >= 11 is 0. The Bertz CT molecular complexity index is 571. The van der Waals surface area contributed by atoms with Crippen molar-refractivity contribution in [3.05, 3.63) is 47.9 Å². The number of aromatic nitrogens is 1. The average Bonchev–Trinajstić information content (AvgIpc) is 2.63. The van der Waals surface area contributed by atoms with Crippen LogP contribution in [0, 0.1) is 5.82 Å². The van der Waals surface area contributed by atoms with Crippen LogP contribution in [-0.4, -0.2) is 18.1 Å². The molecule has 4 heteroatoms. The van der Waals surface area contributed by atoms with Crippen LogP contribution in [0.15, 0.2) is 36.5 Å². The summed E-state index contributed by atoms with van der Waals surface area (Å²) in [5, 5.41) is 3.27. The number of fused-ring (bicyclic) bond motifs is 1. The van der Waals surface area contributed by atoms with Gasteiger partial charge in [0.05, 0.1) is 0 Å². The third kappa shape index (κ3) is 2.07. The monoisotopic (exact) mass is 244 g/mol. The lowest BCUT2D eigenvalue weighted by atomic mass is 10.0. The lowest BCUT2D eigenvalue weighted by Crippen LogP contribution is -2.16. The first kappa shape index (κ1) is 11.2. The molecule has 0 amide bonds. The molecule has 0 bridgehead atoms. The molecule has 2 heterocycles. The first-order chi connectivity index (χ1) is 8.84. The lowest BCUT2D eigenvalue weighted by Gasteiger charge is -2.11. The van der Waals surface area contributed by atoms with Crippen LogP contribution in [0.1, 0.15) is 5.56 Å². The third-order valence-electron chi connectivity index (χ3n) is 2.97. The van der Waals surface area contributed by atoms with Crippen molar-refractivity contribution in [3.8, 4) is 17.0 Å². The van der Waals surface area contributed by atoms with Crippen LogP contribution in [-0.2, 0) is 6.54 Å². The molecular formula is C14H13FN2O. The predicted molar refractivity (Wildman–Crippen MR) is 66.8 cm³/mol. The van der Waals surface area contributed by atoms with E-state index >= 15 is 0 Å². The highest BCUT2D eigenvalue weighted by atomic mass is 19.1. The smallest absolute Gasteiger partial charge is 0.218 e. The predicted octanol–water partition coefficient (Wildman–Crippen LogP) is 2.37. The summed E-state index contributed by atoms with van der Waals surface area (Å²) in [4.78, 5) is 4.23. The van der Waals surface area contributed by atoms with Crippen molar-refractivity contribution in [3.63, 3.8) is 0 Å². The molecule has 0 atom stereocenters. The zero-order chi connectivity index (χ0) is 12.4. The molecule has 0 radical (unpaired) electrons. The summed E-state index contributed by atoms with van der Waals surface area (Å²) in [5.74, 6) is 0.405. The van der Waals surface area contributed by atoms with E-state index in [0.29, 0.717) is 19.0 Å². The number of pyridine rings is 1. The highest BCUT2D eigenvalue weighted by Crippen LogP contribution is 2.30. The van der Waals surface area contributed by atoms with E-state index in [2.05, 4.69) is 10.3 Å². The van der Waals surface area contributed by atoms with Crippen molar-refractivity contribution in [1.29, 1.82) is 0 Å². The Balaban J connectivity index is 2.12. The molecule has 0 saturated heterocycles. The number of ether oxygens (including phenoxy) is 1. The van der Waals surface area contributed by atoms with E-state index in [4.69, 9.17) is 4.74 Å². The largest absolute Gasteiger partial charge is 0.476 e. The van der Waals surface area contributed by atoms with Crippen LogP contribution in [0.2, 0.25) is 0 Å². The molecule has 2 aromatic rings. The van der Waals surface area contributed by atoms with Gasteiger partial charge in [-0.05, 0) is 29.3 Å². The van der Waals surface area contributed by atoms with Gasteiger partial charge in [0.2, 0.25) is 5.88 Å². The first-order valence-corrected chi connectivity index (χ1v) is 5.92. The standard InChI is InChI=1S/C14H13FN2O/c15-11-3-1-2-10(8-11)12-4-5-17-14-13(12)9-16-6-7-18-14/h1-5,8,16H,6-7,9H2. The van der Waals surface area contributed by atoms with Crippen LogP contribution < -0.4 is 10.1 Å². The zero-order valence-corrected chi connectivity index (χ0v) is 9.82. The highest BCUT2D eigenvalue weighted by Gasteiger charge is 2.15. The zero-order valence-electron chi connectivity index (χ0n) is 9.82. The van der Waals surface area contributed by atoms with Gasteiger partial charge in [-0.3, -0.25) is 0 Å². The van der Waals surface area contributed by atoms with Gasteiger partial charge < -0.3 is 10.1 Å². The maximum Gasteiger partial charge on any atom is 0.218 e. The topological polar surface area (TPSA) is 34.2 Å². The van der Waals surface area contributed by atoms with E-state index in [1.165, 1.54) is 12.1 Å². The normalized spacial score (nSPS) is 14.5. The SMILES string of the molecule is Fc1cccc(-c2ccnc3c2CNCCO3)c1. The molecule has 92 valence electrons. The van der Waals surface area contributed by atoms with E-state index in [0.717, 1.165) is 23.2 Å². The Kier molecular flexibility index (Phi) is 2.94. The molecule has 0 fully saturated rings. The Morgan fingerprint density at radius 2 is 2.22 bits per heavy atom. The number of halogens is 1. The Hall–Kier alpha value is -1.94. The first-order valence-electron chi connectivity index (χ1n) is 5.92. The second kappa shape index (κ2) is 4.74. The van der Waals surface area contributed by atoms with Gasteiger partial charge in [-0.15, -0.1) is 0 Å². The van der Waals surface area contributed by atoms with Gasteiger partial charge in [0.1, 0.15) is 12.4 Å². The molecule has 0 saturated carbocycles. The number of nitrogens with zero attached hydrogens (tertiary/aromatic N) is 1. The minimum absolute atomic E-state index is 0.236. The highest BCUT2D eigenvalue weighted by molar-refractivity contribution is 5.69. The molecule has 0 aliphatic carbocycles. The fourth-order valence-electron chi connectivity index (χ4n) is 2.13. The molecule has 3 nitrogen and oxygen atoms in total. The second-order valence-electron chi connectivity index (χ2n) is 4.18. The van der Waals surface area contributed by atoms with E-state index in [9.17, 15) is 4.39 Å². The summed E-state index contributed by atoms with van der Waals surface area (Å²) in [7, 11) is 0. The van der Waals surface area contributed by atoms with Gasteiger partial charge in [0, 0.05) is 24.8 Å². The van der Waals surface area contributed by atoms with E-state index in [1.807, 2.05) is 12.1 Å². The third-order valence-corrected chi connectivity index (χ3v) is 2.97. The van der Waals surface area contributed by atoms with Crippen LogP contribution in [0.25, 0.3) is 11.1 Å². The summed E-state index contributed by atoms with van der Waals surface area (Å²) < 4.78 is 18.9. The quantitative estimate of drug-likeness (QED) is 0.836. The number of rotatable bonds is 1. The second-order valence-corrected chi connectivity index (χ2v) is 4.18. The number of hydrogen-bond acceptors (Lipinski definition) is 3. The average molecular weight is 244 g/mol. The molecule has 1 aliphatic rings. The molecular weight excluding hydrogens is 231 g/mol. The van der Waals surface area contributed by atoms with E-state index in [1.54, 1.807) is 12.3 Å². The van der Waals surface area contributed by atoms with Crippen molar-refractivity contribution >= 4 is 0 Å². The lowest BCUT2D eigenvalue weighted by molar-refractivity contribution is 0.314. The van der Waals surface area contributed by atoms with Crippen molar-refractivity contribution in [2.24, 2.45) is 0 Å². The summed E-state index contributed by atoms with van der Waals surface area (Å²) in [6.45, 7) is 2.08. The minimum atomic E-state index is -0.236. The Labute approximate surface area is 105 Å². The van der Waals surface area contributed by atoms with Gasteiger partial charge in [-0.25, -0.2) is 9.37 Å². The molecule has 0 spiro atoms.